The summed E-state index contributed by atoms with van der Waals surface area (Å²) >= 11 is 0. The van der Waals surface area contributed by atoms with E-state index in [2.05, 4.69) is 15.5 Å². The van der Waals surface area contributed by atoms with Crippen LogP contribution in [0.5, 0.6) is 0 Å². The van der Waals surface area contributed by atoms with Crippen LogP contribution in [-0.4, -0.2) is 27.6 Å². The number of amides is 2. The quantitative estimate of drug-likeness (QED) is 0.738. The third kappa shape index (κ3) is 3.67. The maximum atomic E-state index is 13.1. The van der Waals surface area contributed by atoms with Crippen LogP contribution in [0.15, 0.2) is 53.1 Å². The minimum Gasteiger partial charge on any atom is -0.337 e. The number of hydrogen-bond donors (Lipinski definition) is 1. The van der Waals surface area contributed by atoms with Gasteiger partial charge in [-0.25, -0.2) is 9.18 Å². The van der Waals surface area contributed by atoms with Gasteiger partial charge in [0.15, 0.2) is 0 Å². The predicted octanol–water partition coefficient (Wildman–Crippen LogP) is 4.55. The highest BCUT2D eigenvalue weighted by Gasteiger charge is 2.34. The van der Waals surface area contributed by atoms with Gasteiger partial charge in [-0.05, 0) is 61.7 Å². The molecule has 7 heteroatoms. The lowest BCUT2D eigenvalue weighted by Crippen LogP contribution is -2.34. The Kier molecular flexibility index (Phi) is 4.58. The fraction of sp³-hybridized carbons (Fsp3) is 0.250. The first-order chi connectivity index (χ1) is 13.1. The summed E-state index contributed by atoms with van der Waals surface area (Å²) < 4.78 is 18.5. The predicted molar refractivity (Wildman–Crippen MR) is 98.6 cm³/mol. The molecule has 0 aliphatic carbocycles. The molecule has 0 saturated carbocycles. The number of hydrogen-bond acceptors (Lipinski definition) is 4. The number of nitrogens with one attached hydrogen (secondary N) is 1. The first-order valence-electron chi connectivity index (χ1n) is 8.84. The van der Waals surface area contributed by atoms with Gasteiger partial charge in [0, 0.05) is 17.8 Å². The van der Waals surface area contributed by atoms with E-state index in [9.17, 15) is 9.18 Å². The fourth-order valence-corrected chi connectivity index (χ4v) is 3.27. The number of anilines is 1. The molecule has 0 unspecified atom stereocenters. The molecule has 0 spiro atoms. The van der Waals surface area contributed by atoms with Gasteiger partial charge >= 0.3 is 6.03 Å². The maximum Gasteiger partial charge on any atom is 0.322 e. The average Bonchev–Trinajstić information content (AvgIpc) is 3.31. The normalized spacial score (nSPS) is 16.5. The van der Waals surface area contributed by atoms with E-state index < -0.39 is 0 Å². The molecule has 4 rings (SSSR count). The Bertz CT molecular complexity index is 955. The Hall–Kier alpha value is -3.22. The minimum atomic E-state index is -0.322. The van der Waals surface area contributed by atoms with Crippen LogP contribution < -0.4 is 5.32 Å². The number of aromatic nitrogens is 2. The number of carbonyl (C=O) groups excluding carboxylic acids is 1. The molecule has 1 aromatic heterocycles. The van der Waals surface area contributed by atoms with Crippen LogP contribution in [0.2, 0.25) is 0 Å². The summed E-state index contributed by atoms with van der Waals surface area (Å²) in [6, 6.07) is 13.1. The van der Waals surface area contributed by atoms with Crippen molar-refractivity contribution in [3.05, 3.63) is 65.8 Å². The lowest BCUT2D eigenvalue weighted by molar-refractivity contribution is 0.193. The van der Waals surface area contributed by atoms with E-state index in [1.165, 1.54) is 12.1 Å². The Labute approximate surface area is 156 Å². The van der Waals surface area contributed by atoms with Crippen LogP contribution in [0.3, 0.4) is 0 Å². The van der Waals surface area contributed by atoms with Crippen LogP contribution in [0.1, 0.15) is 30.3 Å². The third-order valence-electron chi connectivity index (χ3n) is 4.61. The van der Waals surface area contributed by atoms with Gasteiger partial charge < -0.3 is 14.7 Å². The molecule has 138 valence electrons. The lowest BCUT2D eigenvalue weighted by Gasteiger charge is -2.22. The zero-order chi connectivity index (χ0) is 18.8. The smallest absolute Gasteiger partial charge is 0.322 e. The van der Waals surface area contributed by atoms with E-state index in [1.807, 2.05) is 31.2 Å². The molecule has 1 atom stereocenters. The fourth-order valence-electron chi connectivity index (χ4n) is 3.27. The summed E-state index contributed by atoms with van der Waals surface area (Å²) in [4.78, 5) is 18.8. The van der Waals surface area contributed by atoms with E-state index in [0.29, 0.717) is 23.8 Å². The van der Waals surface area contributed by atoms with Gasteiger partial charge in [-0.1, -0.05) is 17.3 Å². The molecule has 3 aromatic rings. The number of carbonyl (C=O) groups is 1. The first kappa shape index (κ1) is 17.2. The molecule has 1 N–H and O–H groups in total. The molecule has 2 heterocycles. The highest BCUT2D eigenvalue weighted by atomic mass is 19.1. The molecular formula is C20H19FN4O2. The van der Waals surface area contributed by atoms with Crippen molar-refractivity contribution < 1.29 is 13.7 Å². The van der Waals surface area contributed by atoms with Crippen molar-refractivity contribution in [1.82, 2.24) is 15.0 Å². The second-order valence-corrected chi connectivity index (χ2v) is 6.61. The third-order valence-corrected chi connectivity index (χ3v) is 4.61. The largest absolute Gasteiger partial charge is 0.337 e. The highest BCUT2D eigenvalue weighted by molar-refractivity contribution is 5.89. The van der Waals surface area contributed by atoms with Crippen molar-refractivity contribution in [2.45, 2.75) is 25.8 Å². The molecule has 0 bridgehead atoms. The van der Waals surface area contributed by atoms with Crippen molar-refractivity contribution in [2.24, 2.45) is 0 Å². The number of halogens is 1. The number of rotatable bonds is 3. The monoisotopic (exact) mass is 366 g/mol. The number of likely N-dealkylation sites (tertiary alicyclic amines) is 1. The second-order valence-electron chi connectivity index (χ2n) is 6.61. The molecule has 0 radical (unpaired) electrons. The minimum absolute atomic E-state index is 0.190. The number of aryl methyl sites for hydroxylation is 1. The molecule has 6 nitrogen and oxygen atoms in total. The zero-order valence-corrected chi connectivity index (χ0v) is 14.9. The summed E-state index contributed by atoms with van der Waals surface area (Å²) in [7, 11) is 0. The summed E-state index contributed by atoms with van der Waals surface area (Å²) in [6.45, 7) is 2.60. The Morgan fingerprint density at radius 1 is 1.26 bits per heavy atom. The Morgan fingerprint density at radius 2 is 2.07 bits per heavy atom. The Morgan fingerprint density at radius 3 is 2.85 bits per heavy atom. The van der Waals surface area contributed by atoms with E-state index >= 15 is 0 Å². The summed E-state index contributed by atoms with van der Waals surface area (Å²) in [5.41, 5.74) is 2.50. The topological polar surface area (TPSA) is 71.3 Å². The molecule has 1 fully saturated rings. The highest BCUT2D eigenvalue weighted by Crippen LogP contribution is 2.32. The van der Waals surface area contributed by atoms with Gasteiger partial charge in [0.2, 0.25) is 11.7 Å². The van der Waals surface area contributed by atoms with E-state index in [0.717, 1.165) is 24.1 Å². The SMILES string of the molecule is Cc1cccc(NC(=O)N2CCC[C@H]2c2nc(-c3ccc(F)cc3)no2)c1. The summed E-state index contributed by atoms with van der Waals surface area (Å²) in [6.07, 6.45) is 1.62. The van der Waals surface area contributed by atoms with Crippen molar-refractivity contribution in [1.29, 1.82) is 0 Å². The van der Waals surface area contributed by atoms with Crippen LogP contribution in [-0.2, 0) is 0 Å². The molecule has 1 saturated heterocycles. The van der Waals surface area contributed by atoms with Crippen molar-refractivity contribution in [3.8, 4) is 11.4 Å². The van der Waals surface area contributed by atoms with Crippen LogP contribution in [0, 0.1) is 12.7 Å². The van der Waals surface area contributed by atoms with Crippen LogP contribution >= 0.6 is 0 Å². The van der Waals surface area contributed by atoms with Crippen molar-refractivity contribution in [2.75, 3.05) is 11.9 Å². The first-order valence-corrected chi connectivity index (χ1v) is 8.84. The zero-order valence-electron chi connectivity index (χ0n) is 14.9. The standard InChI is InChI=1S/C20H19FN4O2/c1-13-4-2-5-16(12-13)22-20(26)25-11-3-6-17(25)19-23-18(24-27-19)14-7-9-15(21)10-8-14/h2,4-5,7-10,12,17H,3,6,11H2,1H3,(H,22,26)/t17-/m0/s1. The lowest BCUT2D eigenvalue weighted by atomic mass is 10.2. The van der Waals surface area contributed by atoms with Gasteiger partial charge in [0.25, 0.3) is 0 Å². The molecule has 2 amide bonds. The van der Waals surface area contributed by atoms with E-state index in [1.54, 1.807) is 17.0 Å². The molecule has 2 aromatic carbocycles. The van der Waals surface area contributed by atoms with E-state index in [4.69, 9.17) is 4.52 Å². The Balaban J connectivity index is 1.51. The van der Waals surface area contributed by atoms with Crippen LogP contribution in [0.25, 0.3) is 11.4 Å². The van der Waals surface area contributed by atoms with E-state index in [-0.39, 0.29) is 17.9 Å². The van der Waals surface area contributed by atoms with Gasteiger partial charge in [-0.15, -0.1) is 0 Å². The van der Waals surface area contributed by atoms with Crippen molar-refractivity contribution in [3.63, 3.8) is 0 Å². The molecule has 27 heavy (non-hydrogen) atoms. The number of benzene rings is 2. The maximum absolute atomic E-state index is 13.1. The second kappa shape index (κ2) is 7.19. The number of nitrogens with zero attached hydrogens (tertiary/aromatic N) is 3. The van der Waals surface area contributed by atoms with Gasteiger partial charge in [0.1, 0.15) is 11.9 Å². The molecule has 1 aliphatic heterocycles. The van der Waals surface area contributed by atoms with Crippen molar-refractivity contribution >= 4 is 11.7 Å². The summed E-state index contributed by atoms with van der Waals surface area (Å²) in [5.74, 6) is 0.458. The van der Waals surface area contributed by atoms with Gasteiger partial charge in [-0.3, -0.25) is 0 Å². The van der Waals surface area contributed by atoms with Gasteiger partial charge in [0.05, 0.1) is 0 Å². The number of urea groups is 1. The van der Waals surface area contributed by atoms with Gasteiger partial charge in [-0.2, -0.15) is 4.98 Å². The summed E-state index contributed by atoms with van der Waals surface area (Å²) in [5, 5.41) is 6.91. The molecular weight excluding hydrogens is 347 g/mol. The van der Waals surface area contributed by atoms with Crippen LogP contribution in [0.4, 0.5) is 14.9 Å². The average molecular weight is 366 g/mol. The molecule has 1 aliphatic rings.